The van der Waals surface area contributed by atoms with Gasteiger partial charge in [0.2, 0.25) is 5.96 Å². The van der Waals surface area contributed by atoms with Crippen molar-refractivity contribution >= 4 is 17.9 Å². The second-order valence-corrected chi connectivity index (χ2v) is 2.95. The molecule has 0 rings (SSSR count). The highest BCUT2D eigenvalue weighted by Crippen LogP contribution is 1.94. The zero-order valence-electron chi connectivity index (χ0n) is 9.41. The molecule has 100 valence electrons. The molecule has 0 aliphatic rings. The number of nitrogens with zero attached hydrogens (tertiary/aromatic N) is 2. The molecule has 13 N–H and O–H groups in total. The standard InChI is InChI=1S/C6H14N4O2.CH6N4/c7-4(5(11)12)2-1-3-10-6(8)9;2-1(3)5-4/h4H,1-3,7H2,(H,11,12)(H4,8,9,10);4H2,(H4,2,3,5)/t4-;/m0./s1. The monoisotopic (exact) mass is 248 g/mol. The molecule has 0 saturated heterocycles. The summed E-state index contributed by atoms with van der Waals surface area (Å²) in [5.74, 6) is 3.43. The molecule has 0 radical (unpaired) electrons. The Hall–Kier alpha value is -2.23. The first-order chi connectivity index (χ1) is 7.81. The number of carboxylic acids is 1. The van der Waals surface area contributed by atoms with Crippen LogP contribution in [0, 0.1) is 0 Å². The van der Waals surface area contributed by atoms with Gasteiger partial charge in [0.15, 0.2) is 5.96 Å². The first kappa shape index (κ1) is 17.2. The molecule has 0 spiro atoms. The number of carbonyl (C=O) groups is 1. The van der Waals surface area contributed by atoms with E-state index in [2.05, 4.69) is 15.9 Å². The third kappa shape index (κ3) is 16.4. The lowest BCUT2D eigenvalue weighted by Gasteiger charge is -2.03. The van der Waals surface area contributed by atoms with E-state index in [9.17, 15) is 4.79 Å². The summed E-state index contributed by atoms with van der Waals surface area (Å²) >= 11 is 0. The molecular formula is C7H20N8O2. The summed E-state index contributed by atoms with van der Waals surface area (Å²) in [7, 11) is 0. The van der Waals surface area contributed by atoms with Crippen LogP contribution in [0.5, 0.6) is 0 Å². The summed E-state index contributed by atoms with van der Waals surface area (Å²) in [6.07, 6.45) is 0.956. The third-order valence-electron chi connectivity index (χ3n) is 1.43. The number of hydrazone groups is 1. The molecule has 10 heteroatoms. The molecule has 0 amide bonds. The summed E-state index contributed by atoms with van der Waals surface area (Å²) in [6.45, 7) is 0.420. The fraction of sp³-hybridized carbons (Fsp3) is 0.571. The molecule has 17 heavy (non-hydrogen) atoms. The van der Waals surface area contributed by atoms with Gasteiger partial charge in [-0.15, -0.1) is 5.10 Å². The van der Waals surface area contributed by atoms with E-state index >= 15 is 0 Å². The average Bonchev–Trinajstić information content (AvgIpc) is 2.24. The Bertz CT molecular complexity index is 269. The lowest BCUT2D eigenvalue weighted by Crippen LogP contribution is -2.30. The van der Waals surface area contributed by atoms with Gasteiger partial charge in [0.1, 0.15) is 6.04 Å². The van der Waals surface area contributed by atoms with Crippen LogP contribution in [0.1, 0.15) is 12.8 Å². The van der Waals surface area contributed by atoms with Gasteiger partial charge in [0, 0.05) is 6.54 Å². The third-order valence-corrected chi connectivity index (χ3v) is 1.43. The molecule has 0 unspecified atom stereocenters. The minimum Gasteiger partial charge on any atom is -0.480 e. The van der Waals surface area contributed by atoms with E-state index < -0.39 is 12.0 Å². The van der Waals surface area contributed by atoms with Crippen molar-refractivity contribution in [3.8, 4) is 0 Å². The number of guanidine groups is 2. The van der Waals surface area contributed by atoms with Gasteiger partial charge in [-0.05, 0) is 12.8 Å². The molecule has 0 aliphatic heterocycles. The van der Waals surface area contributed by atoms with Gasteiger partial charge >= 0.3 is 5.97 Å². The summed E-state index contributed by atoms with van der Waals surface area (Å²) in [5, 5.41) is 11.2. The maximum atomic E-state index is 10.2. The fourth-order valence-corrected chi connectivity index (χ4v) is 0.643. The van der Waals surface area contributed by atoms with Crippen molar-refractivity contribution in [1.29, 1.82) is 0 Å². The highest BCUT2D eigenvalue weighted by molar-refractivity contribution is 5.75. The van der Waals surface area contributed by atoms with Crippen LogP contribution in [-0.2, 0) is 4.79 Å². The van der Waals surface area contributed by atoms with Crippen molar-refractivity contribution < 1.29 is 9.90 Å². The Labute approximate surface area is 98.7 Å². The highest BCUT2D eigenvalue weighted by atomic mass is 16.4. The van der Waals surface area contributed by atoms with Crippen molar-refractivity contribution in [3.05, 3.63) is 0 Å². The number of hydrogen-bond donors (Lipinski definition) is 7. The quantitative estimate of drug-likeness (QED) is 0.0851. The fourth-order valence-electron chi connectivity index (χ4n) is 0.643. The molecule has 10 nitrogen and oxygen atoms in total. The van der Waals surface area contributed by atoms with Crippen LogP contribution in [-0.4, -0.2) is 35.6 Å². The Morgan fingerprint density at radius 3 is 1.94 bits per heavy atom. The van der Waals surface area contributed by atoms with Crippen molar-refractivity contribution in [3.63, 3.8) is 0 Å². The summed E-state index contributed by atoms with van der Waals surface area (Å²) < 4.78 is 0. The first-order valence-corrected chi connectivity index (χ1v) is 4.63. The number of aliphatic imine (C=N–C) groups is 1. The molecule has 1 atom stereocenters. The van der Waals surface area contributed by atoms with Gasteiger partial charge in [-0.3, -0.25) is 9.79 Å². The smallest absolute Gasteiger partial charge is 0.320 e. The molecule has 0 aromatic rings. The Kier molecular flexibility index (Phi) is 10.4. The van der Waals surface area contributed by atoms with E-state index in [1.54, 1.807) is 0 Å². The van der Waals surface area contributed by atoms with Gasteiger partial charge in [0.05, 0.1) is 0 Å². The summed E-state index contributed by atoms with van der Waals surface area (Å²) in [6, 6.07) is -0.820. The van der Waals surface area contributed by atoms with Crippen molar-refractivity contribution in [1.82, 2.24) is 0 Å². The van der Waals surface area contributed by atoms with Crippen molar-refractivity contribution in [2.24, 2.45) is 44.6 Å². The second kappa shape index (κ2) is 10.3. The van der Waals surface area contributed by atoms with Gasteiger partial charge in [-0.1, -0.05) is 0 Å². The second-order valence-electron chi connectivity index (χ2n) is 2.95. The van der Waals surface area contributed by atoms with Crippen molar-refractivity contribution in [2.45, 2.75) is 18.9 Å². The van der Waals surface area contributed by atoms with Crippen LogP contribution in [0.2, 0.25) is 0 Å². The number of aliphatic carboxylic acids is 1. The molecule has 0 saturated carbocycles. The largest absolute Gasteiger partial charge is 0.480 e. The summed E-state index contributed by atoms with van der Waals surface area (Å²) in [4.78, 5) is 13.9. The molecule has 0 aliphatic carbocycles. The average molecular weight is 248 g/mol. The van der Waals surface area contributed by atoms with Gasteiger partial charge in [-0.25, -0.2) is 0 Å². The van der Waals surface area contributed by atoms with E-state index in [4.69, 9.17) is 33.8 Å². The van der Waals surface area contributed by atoms with Crippen LogP contribution in [0.15, 0.2) is 10.1 Å². The zero-order valence-corrected chi connectivity index (χ0v) is 9.41. The minimum atomic E-state index is -1.00. The zero-order chi connectivity index (χ0) is 13.8. The highest BCUT2D eigenvalue weighted by Gasteiger charge is 2.09. The number of nitrogens with two attached hydrogens (primary N) is 6. The minimum absolute atomic E-state index is 0.0129. The van der Waals surface area contributed by atoms with E-state index in [-0.39, 0.29) is 11.9 Å². The van der Waals surface area contributed by atoms with Crippen molar-refractivity contribution in [2.75, 3.05) is 6.54 Å². The Morgan fingerprint density at radius 1 is 1.18 bits per heavy atom. The van der Waals surface area contributed by atoms with Gasteiger partial charge in [0.25, 0.3) is 0 Å². The van der Waals surface area contributed by atoms with Gasteiger partial charge < -0.3 is 39.6 Å². The van der Waals surface area contributed by atoms with Crippen LogP contribution < -0.4 is 34.5 Å². The lowest BCUT2D eigenvalue weighted by atomic mass is 10.2. The lowest BCUT2D eigenvalue weighted by molar-refractivity contribution is -0.138. The maximum Gasteiger partial charge on any atom is 0.320 e. The van der Waals surface area contributed by atoms with E-state index in [0.717, 1.165) is 0 Å². The normalized spacial score (nSPS) is 10.4. The van der Waals surface area contributed by atoms with E-state index in [1.807, 2.05) is 0 Å². The predicted molar refractivity (Wildman–Crippen MR) is 65.5 cm³/mol. The number of carboxylic acid groups (broad SMARTS) is 1. The van der Waals surface area contributed by atoms with Crippen LogP contribution in [0.3, 0.4) is 0 Å². The Balaban J connectivity index is 0. The number of rotatable bonds is 5. The predicted octanol–water partition coefficient (Wildman–Crippen LogP) is -3.41. The van der Waals surface area contributed by atoms with Crippen LogP contribution in [0.4, 0.5) is 0 Å². The number of hydrogen-bond acceptors (Lipinski definition) is 5. The van der Waals surface area contributed by atoms with Crippen LogP contribution >= 0.6 is 0 Å². The summed E-state index contributed by atoms with van der Waals surface area (Å²) in [5.41, 5.74) is 24.7. The Morgan fingerprint density at radius 2 is 1.65 bits per heavy atom. The molecule has 0 aromatic carbocycles. The molecule has 0 bridgehead atoms. The van der Waals surface area contributed by atoms with Gasteiger partial charge in [-0.2, -0.15) is 0 Å². The first-order valence-electron chi connectivity index (χ1n) is 4.63. The van der Waals surface area contributed by atoms with E-state index in [0.29, 0.717) is 19.4 Å². The molecule has 0 fully saturated rings. The van der Waals surface area contributed by atoms with E-state index in [1.165, 1.54) is 0 Å². The maximum absolute atomic E-state index is 10.2. The van der Waals surface area contributed by atoms with Crippen LogP contribution in [0.25, 0.3) is 0 Å². The SMILES string of the molecule is NC(N)=NCCC[C@H](N)C(=O)O.NN=C(N)N. The topological polar surface area (TPSA) is 218 Å². The molecule has 0 aromatic heterocycles. The molecular weight excluding hydrogens is 228 g/mol. The molecule has 0 heterocycles.